The molecule has 0 aromatic carbocycles. The molecule has 7 nitrogen and oxygen atoms in total. The highest BCUT2D eigenvalue weighted by Crippen LogP contribution is 2.20. The number of rotatable bonds is 3. The van der Waals surface area contributed by atoms with E-state index in [0.29, 0.717) is 11.4 Å². The molecule has 0 fully saturated rings. The lowest BCUT2D eigenvalue weighted by molar-refractivity contribution is -0.152. The molecule has 2 rings (SSSR count). The Bertz CT molecular complexity index is 679. The average molecular weight is 288 g/mol. The zero-order valence-corrected chi connectivity index (χ0v) is 12.1. The minimum absolute atomic E-state index is 0.142. The van der Waals surface area contributed by atoms with Crippen molar-refractivity contribution in [2.24, 2.45) is 0 Å². The number of hydrogen-bond donors (Lipinski definition) is 1. The smallest absolute Gasteiger partial charge is 0.397 e. The van der Waals surface area contributed by atoms with Crippen molar-refractivity contribution in [3.63, 3.8) is 0 Å². The third kappa shape index (κ3) is 3.25. The summed E-state index contributed by atoms with van der Waals surface area (Å²) in [5, 5.41) is 6.84. The van der Waals surface area contributed by atoms with Crippen LogP contribution in [0.1, 0.15) is 18.3 Å². The summed E-state index contributed by atoms with van der Waals surface area (Å²) >= 11 is 0. The van der Waals surface area contributed by atoms with Crippen LogP contribution in [-0.4, -0.2) is 33.2 Å². The van der Waals surface area contributed by atoms with Crippen LogP contribution < -0.4 is 5.32 Å². The Morgan fingerprint density at radius 1 is 1.38 bits per heavy atom. The predicted octanol–water partition coefficient (Wildman–Crippen LogP) is 1.39. The molecule has 1 amide bonds. The number of nitrogens with one attached hydrogen (secondary N) is 1. The summed E-state index contributed by atoms with van der Waals surface area (Å²) in [5.41, 5.74) is 2.78. The molecule has 0 unspecified atom stereocenters. The fourth-order valence-corrected chi connectivity index (χ4v) is 1.91. The summed E-state index contributed by atoms with van der Waals surface area (Å²) in [6.45, 7) is 5.55. The number of esters is 1. The number of pyridine rings is 1. The summed E-state index contributed by atoms with van der Waals surface area (Å²) in [7, 11) is 0. The zero-order chi connectivity index (χ0) is 15.4. The first-order valence-electron chi connectivity index (χ1n) is 6.48. The Labute approximate surface area is 121 Å². The molecule has 0 aliphatic heterocycles. The highest BCUT2D eigenvalue weighted by atomic mass is 16.5. The number of hydrogen-bond acceptors (Lipinski definition) is 5. The topological polar surface area (TPSA) is 86.1 Å². The van der Waals surface area contributed by atoms with Crippen LogP contribution in [0.3, 0.4) is 0 Å². The molecule has 0 spiro atoms. The van der Waals surface area contributed by atoms with E-state index in [9.17, 15) is 9.59 Å². The van der Waals surface area contributed by atoms with Gasteiger partial charge in [0.05, 0.1) is 29.9 Å². The van der Waals surface area contributed by atoms with E-state index in [4.69, 9.17) is 0 Å². The molecule has 0 radical (unpaired) electrons. The molecule has 7 heteroatoms. The second-order valence-electron chi connectivity index (χ2n) is 4.41. The lowest BCUT2D eigenvalue weighted by atomic mass is 10.3. The lowest BCUT2D eigenvalue weighted by Gasteiger charge is -2.11. The van der Waals surface area contributed by atoms with Gasteiger partial charge in [-0.3, -0.25) is 9.78 Å². The van der Waals surface area contributed by atoms with Crippen molar-refractivity contribution in [1.29, 1.82) is 0 Å². The van der Waals surface area contributed by atoms with Crippen LogP contribution in [0.2, 0.25) is 0 Å². The molecule has 0 atom stereocenters. The molecule has 0 saturated carbocycles. The Kier molecular flexibility index (Phi) is 4.32. The standard InChI is InChI=1S/C14H16N4O3/c1-4-21-14(20)13(19)16-11-8-15-6-5-12(11)18-10(3)7-9(2)17-18/h5-8H,4H2,1-3H3,(H,16,19). The van der Waals surface area contributed by atoms with Crippen LogP contribution in [0.5, 0.6) is 0 Å². The van der Waals surface area contributed by atoms with Gasteiger partial charge in [-0.1, -0.05) is 0 Å². The van der Waals surface area contributed by atoms with Crippen molar-refractivity contribution in [2.45, 2.75) is 20.8 Å². The molecule has 0 aliphatic rings. The molecule has 110 valence electrons. The number of aryl methyl sites for hydroxylation is 2. The molecule has 1 N–H and O–H groups in total. The maximum atomic E-state index is 11.7. The van der Waals surface area contributed by atoms with Crippen molar-refractivity contribution in [2.75, 3.05) is 11.9 Å². The summed E-state index contributed by atoms with van der Waals surface area (Å²) < 4.78 is 6.33. The minimum Gasteiger partial charge on any atom is -0.459 e. The van der Waals surface area contributed by atoms with E-state index in [2.05, 4.69) is 20.1 Å². The molecule has 21 heavy (non-hydrogen) atoms. The van der Waals surface area contributed by atoms with E-state index >= 15 is 0 Å². The SMILES string of the molecule is CCOC(=O)C(=O)Nc1cnccc1-n1nc(C)cc1C. The Balaban J connectivity index is 2.32. The fraction of sp³-hybridized carbons (Fsp3) is 0.286. The Morgan fingerprint density at radius 3 is 2.76 bits per heavy atom. The maximum absolute atomic E-state index is 11.7. The van der Waals surface area contributed by atoms with E-state index in [1.165, 1.54) is 6.20 Å². The highest BCUT2D eigenvalue weighted by molar-refractivity contribution is 6.37. The quantitative estimate of drug-likeness (QED) is 0.681. The van der Waals surface area contributed by atoms with E-state index in [-0.39, 0.29) is 6.61 Å². The van der Waals surface area contributed by atoms with Crippen LogP contribution >= 0.6 is 0 Å². The van der Waals surface area contributed by atoms with Gasteiger partial charge in [0.2, 0.25) is 0 Å². The van der Waals surface area contributed by atoms with E-state index < -0.39 is 11.9 Å². The van der Waals surface area contributed by atoms with E-state index in [1.807, 2.05) is 19.9 Å². The van der Waals surface area contributed by atoms with Gasteiger partial charge in [-0.05, 0) is 32.9 Å². The number of carbonyl (C=O) groups is 2. The van der Waals surface area contributed by atoms with Crippen molar-refractivity contribution in [1.82, 2.24) is 14.8 Å². The van der Waals surface area contributed by atoms with Gasteiger partial charge >= 0.3 is 11.9 Å². The van der Waals surface area contributed by atoms with Crippen LogP contribution in [0.15, 0.2) is 24.5 Å². The largest absolute Gasteiger partial charge is 0.459 e. The minimum atomic E-state index is -0.930. The van der Waals surface area contributed by atoms with Gasteiger partial charge in [-0.15, -0.1) is 0 Å². The van der Waals surface area contributed by atoms with Crippen molar-refractivity contribution >= 4 is 17.6 Å². The van der Waals surface area contributed by atoms with Gasteiger partial charge in [0.15, 0.2) is 0 Å². The van der Waals surface area contributed by atoms with E-state index in [1.54, 1.807) is 23.9 Å². The average Bonchev–Trinajstić information content (AvgIpc) is 2.78. The molecular weight excluding hydrogens is 272 g/mol. The molecule has 0 saturated heterocycles. The molecule has 0 aliphatic carbocycles. The second-order valence-corrected chi connectivity index (χ2v) is 4.41. The van der Waals surface area contributed by atoms with Gasteiger partial charge in [-0.25, -0.2) is 9.48 Å². The molecule has 2 heterocycles. The summed E-state index contributed by atoms with van der Waals surface area (Å²) in [5.74, 6) is -1.77. The second kappa shape index (κ2) is 6.17. The Hall–Kier alpha value is -2.70. The van der Waals surface area contributed by atoms with Crippen LogP contribution in [0.4, 0.5) is 5.69 Å². The third-order valence-corrected chi connectivity index (χ3v) is 2.74. The number of ether oxygens (including phenoxy) is 1. The van der Waals surface area contributed by atoms with Crippen molar-refractivity contribution < 1.29 is 14.3 Å². The number of aromatic nitrogens is 3. The van der Waals surface area contributed by atoms with Gasteiger partial charge in [0.1, 0.15) is 0 Å². The van der Waals surface area contributed by atoms with Gasteiger partial charge in [-0.2, -0.15) is 5.10 Å². The normalized spacial score (nSPS) is 10.2. The van der Waals surface area contributed by atoms with Crippen molar-refractivity contribution in [3.05, 3.63) is 35.9 Å². The summed E-state index contributed by atoms with van der Waals surface area (Å²) in [6.07, 6.45) is 3.05. The van der Waals surface area contributed by atoms with Crippen molar-refractivity contribution in [3.8, 4) is 5.69 Å². The number of anilines is 1. The van der Waals surface area contributed by atoms with Gasteiger partial charge < -0.3 is 10.1 Å². The summed E-state index contributed by atoms with van der Waals surface area (Å²) in [4.78, 5) is 27.1. The first-order valence-corrected chi connectivity index (χ1v) is 6.48. The summed E-state index contributed by atoms with van der Waals surface area (Å²) in [6, 6.07) is 3.62. The third-order valence-electron chi connectivity index (χ3n) is 2.74. The predicted molar refractivity (Wildman–Crippen MR) is 76.1 cm³/mol. The lowest BCUT2D eigenvalue weighted by Crippen LogP contribution is -2.25. The van der Waals surface area contributed by atoms with Crippen LogP contribution in [-0.2, 0) is 14.3 Å². The van der Waals surface area contributed by atoms with Gasteiger partial charge in [0.25, 0.3) is 0 Å². The molecule has 2 aromatic rings. The fourth-order valence-electron chi connectivity index (χ4n) is 1.91. The number of carbonyl (C=O) groups excluding carboxylic acids is 2. The van der Waals surface area contributed by atoms with E-state index in [0.717, 1.165) is 11.4 Å². The molecule has 0 bridgehead atoms. The maximum Gasteiger partial charge on any atom is 0.397 e. The first kappa shape index (κ1) is 14.7. The van der Waals surface area contributed by atoms with Gasteiger partial charge in [0, 0.05) is 11.9 Å². The highest BCUT2D eigenvalue weighted by Gasteiger charge is 2.18. The Morgan fingerprint density at radius 2 is 2.14 bits per heavy atom. The number of amides is 1. The number of nitrogens with zero attached hydrogens (tertiary/aromatic N) is 3. The van der Waals surface area contributed by atoms with Crippen LogP contribution in [0.25, 0.3) is 5.69 Å². The monoisotopic (exact) mass is 288 g/mol. The van der Waals surface area contributed by atoms with Crippen LogP contribution in [0, 0.1) is 13.8 Å². The first-order chi connectivity index (χ1) is 10.0. The zero-order valence-electron chi connectivity index (χ0n) is 12.1. The molecular formula is C14H16N4O3. The molecule has 2 aromatic heterocycles.